The van der Waals surface area contributed by atoms with Gasteiger partial charge in [0, 0.05) is 18.6 Å². The van der Waals surface area contributed by atoms with E-state index in [1.165, 1.54) is 44.9 Å². The number of amides is 1. The first-order chi connectivity index (χ1) is 8.31. The molecule has 0 rings (SSSR count). The molecule has 0 aliphatic heterocycles. The van der Waals surface area contributed by atoms with Crippen LogP contribution in [0.25, 0.3) is 0 Å². The topological polar surface area (TPSA) is 67.2 Å². The van der Waals surface area contributed by atoms with Crippen molar-refractivity contribution in [2.75, 3.05) is 0 Å². The molecule has 0 radical (unpaired) electrons. The van der Waals surface area contributed by atoms with E-state index in [-0.39, 0.29) is 5.91 Å². The van der Waals surface area contributed by atoms with Crippen molar-refractivity contribution in [2.24, 2.45) is 5.14 Å². The standard InChI is InChI=1S/C12H27N3OS/c1-2-3-4-5-6-7-8-9-10-11-12(16)14-15-17-13/h15H,2-11,13H2,1H3,(H,14,16). The number of hydrogen-bond acceptors (Lipinski definition) is 4. The predicted molar refractivity (Wildman–Crippen MR) is 74.9 cm³/mol. The van der Waals surface area contributed by atoms with Crippen LogP contribution in [0.4, 0.5) is 0 Å². The molecule has 0 aromatic rings. The highest BCUT2D eigenvalue weighted by molar-refractivity contribution is 7.95. The van der Waals surface area contributed by atoms with E-state index in [0.29, 0.717) is 6.42 Å². The van der Waals surface area contributed by atoms with Gasteiger partial charge in [-0.05, 0) is 6.42 Å². The van der Waals surface area contributed by atoms with Gasteiger partial charge in [-0.2, -0.15) is 4.83 Å². The van der Waals surface area contributed by atoms with Crippen LogP contribution in [0.1, 0.15) is 71.1 Å². The summed E-state index contributed by atoms with van der Waals surface area (Å²) in [5.41, 5.74) is 2.51. The summed E-state index contributed by atoms with van der Waals surface area (Å²) in [7, 11) is 0. The van der Waals surface area contributed by atoms with Gasteiger partial charge in [-0.15, -0.1) is 0 Å². The van der Waals surface area contributed by atoms with Crippen molar-refractivity contribution < 1.29 is 4.79 Å². The zero-order chi connectivity index (χ0) is 12.8. The highest BCUT2D eigenvalue weighted by Crippen LogP contribution is 2.10. The normalized spacial score (nSPS) is 10.5. The summed E-state index contributed by atoms with van der Waals surface area (Å²) in [5.74, 6) is 0.0193. The van der Waals surface area contributed by atoms with E-state index in [9.17, 15) is 4.79 Å². The van der Waals surface area contributed by atoms with Crippen molar-refractivity contribution in [3.63, 3.8) is 0 Å². The van der Waals surface area contributed by atoms with Crippen molar-refractivity contribution in [2.45, 2.75) is 71.1 Å². The summed E-state index contributed by atoms with van der Waals surface area (Å²) < 4.78 is 0. The van der Waals surface area contributed by atoms with Crippen molar-refractivity contribution in [1.29, 1.82) is 0 Å². The fraction of sp³-hybridized carbons (Fsp3) is 0.917. The maximum atomic E-state index is 11.2. The van der Waals surface area contributed by atoms with Crippen LogP contribution < -0.4 is 15.4 Å². The first-order valence-corrected chi connectivity index (χ1v) is 7.58. The van der Waals surface area contributed by atoms with Crippen LogP contribution in [-0.4, -0.2) is 5.91 Å². The quantitative estimate of drug-likeness (QED) is 0.287. The second-order valence-corrected chi connectivity index (χ2v) is 4.79. The molecule has 0 atom stereocenters. The molecule has 0 aromatic heterocycles. The Balaban J connectivity index is 3.05. The van der Waals surface area contributed by atoms with Crippen molar-refractivity contribution >= 4 is 18.0 Å². The lowest BCUT2D eigenvalue weighted by molar-refractivity contribution is -0.121. The molecule has 0 fully saturated rings. The monoisotopic (exact) mass is 261 g/mol. The number of nitrogens with two attached hydrogens (primary N) is 1. The molecular formula is C12H27N3OS. The van der Waals surface area contributed by atoms with Crippen LogP contribution >= 0.6 is 12.1 Å². The minimum Gasteiger partial charge on any atom is -0.281 e. The van der Waals surface area contributed by atoms with E-state index in [0.717, 1.165) is 25.0 Å². The Kier molecular flexibility index (Phi) is 13.6. The van der Waals surface area contributed by atoms with Crippen LogP contribution in [0.15, 0.2) is 0 Å². The molecule has 4 nitrogen and oxygen atoms in total. The third-order valence-corrected chi connectivity index (χ3v) is 2.98. The van der Waals surface area contributed by atoms with E-state index in [2.05, 4.69) is 17.2 Å². The Labute approximate surface area is 110 Å². The molecule has 1 amide bonds. The summed E-state index contributed by atoms with van der Waals surface area (Å²) in [4.78, 5) is 13.7. The molecule has 5 heteroatoms. The van der Waals surface area contributed by atoms with Gasteiger partial charge in [-0.25, -0.2) is 0 Å². The van der Waals surface area contributed by atoms with Crippen LogP contribution in [0.2, 0.25) is 0 Å². The second kappa shape index (κ2) is 13.8. The number of hydrazine groups is 1. The molecule has 4 N–H and O–H groups in total. The van der Waals surface area contributed by atoms with E-state index in [1.54, 1.807) is 0 Å². The van der Waals surface area contributed by atoms with Crippen LogP contribution in [0.3, 0.4) is 0 Å². The van der Waals surface area contributed by atoms with Crippen LogP contribution in [0, 0.1) is 0 Å². The number of unbranched alkanes of at least 4 members (excludes halogenated alkanes) is 8. The first-order valence-electron chi connectivity index (χ1n) is 6.70. The first kappa shape index (κ1) is 16.7. The summed E-state index contributed by atoms with van der Waals surface area (Å²) in [6, 6.07) is 0. The van der Waals surface area contributed by atoms with Gasteiger partial charge in [-0.3, -0.25) is 15.4 Å². The third-order valence-electron chi connectivity index (χ3n) is 2.76. The summed E-state index contributed by atoms with van der Waals surface area (Å²) >= 11 is 0.905. The molecule has 0 bridgehead atoms. The molecule has 0 aliphatic carbocycles. The van der Waals surface area contributed by atoms with Gasteiger partial charge in [-0.1, -0.05) is 58.3 Å². The minimum atomic E-state index is 0.0193. The summed E-state index contributed by atoms with van der Waals surface area (Å²) in [5, 5.41) is 5.11. The summed E-state index contributed by atoms with van der Waals surface area (Å²) in [6.07, 6.45) is 12.0. The lowest BCUT2D eigenvalue weighted by atomic mass is 10.1. The number of hydrogen-bond donors (Lipinski definition) is 3. The third kappa shape index (κ3) is 13.7. The van der Waals surface area contributed by atoms with Gasteiger partial charge < -0.3 is 0 Å². The van der Waals surface area contributed by atoms with E-state index < -0.39 is 0 Å². The molecule has 17 heavy (non-hydrogen) atoms. The molecule has 102 valence electrons. The fourth-order valence-electron chi connectivity index (χ4n) is 1.75. The van der Waals surface area contributed by atoms with Crippen molar-refractivity contribution in [1.82, 2.24) is 10.3 Å². The Morgan fingerprint density at radius 1 is 1.00 bits per heavy atom. The molecule has 0 saturated heterocycles. The smallest absolute Gasteiger partial charge is 0.234 e. The van der Waals surface area contributed by atoms with Gasteiger partial charge in [0.1, 0.15) is 0 Å². The Morgan fingerprint density at radius 3 is 2.06 bits per heavy atom. The van der Waals surface area contributed by atoms with Crippen LogP contribution in [-0.2, 0) is 4.79 Å². The lowest BCUT2D eigenvalue weighted by Crippen LogP contribution is -2.33. The van der Waals surface area contributed by atoms with Gasteiger partial charge in [0.25, 0.3) is 0 Å². The average molecular weight is 261 g/mol. The maximum Gasteiger partial charge on any atom is 0.234 e. The van der Waals surface area contributed by atoms with E-state index >= 15 is 0 Å². The molecule has 0 spiro atoms. The zero-order valence-corrected chi connectivity index (χ0v) is 11.8. The zero-order valence-electron chi connectivity index (χ0n) is 11.0. The number of carbonyl (C=O) groups excluding carboxylic acids is 1. The fourth-order valence-corrected chi connectivity index (χ4v) is 1.92. The number of rotatable bonds is 12. The van der Waals surface area contributed by atoms with Gasteiger partial charge in [0.15, 0.2) is 0 Å². The maximum absolute atomic E-state index is 11.2. The second-order valence-electron chi connectivity index (χ2n) is 4.35. The molecular weight excluding hydrogens is 234 g/mol. The Bertz CT molecular complexity index is 179. The summed E-state index contributed by atoms with van der Waals surface area (Å²) in [6.45, 7) is 2.24. The van der Waals surface area contributed by atoms with Gasteiger partial charge in [0.05, 0.1) is 0 Å². The SMILES string of the molecule is CCCCCCCCCCCC(=O)NNSN. The molecule has 0 saturated carbocycles. The minimum absolute atomic E-state index is 0.0193. The van der Waals surface area contributed by atoms with Gasteiger partial charge in [0.2, 0.25) is 5.91 Å². The Morgan fingerprint density at radius 2 is 1.53 bits per heavy atom. The Hall–Kier alpha value is -0.260. The van der Waals surface area contributed by atoms with Crippen molar-refractivity contribution in [3.8, 4) is 0 Å². The molecule has 0 unspecified atom stereocenters. The molecule has 0 heterocycles. The number of nitrogens with one attached hydrogen (secondary N) is 2. The lowest BCUT2D eigenvalue weighted by Gasteiger charge is -2.04. The highest BCUT2D eigenvalue weighted by Gasteiger charge is 1.99. The van der Waals surface area contributed by atoms with Crippen molar-refractivity contribution in [3.05, 3.63) is 0 Å². The van der Waals surface area contributed by atoms with E-state index in [1.807, 2.05) is 0 Å². The van der Waals surface area contributed by atoms with Gasteiger partial charge >= 0.3 is 0 Å². The predicted octanol–water partition coefficient (Wildman–Crippen LogP) is 3.05. The number of carbonyl (C=O) groups is 1. The largest absolute Gasteiger partial charge is 0.281 e. The average Bonchev–Trinajstić information content (AvgIpc) is 2.34. The van der Waals surface area contributed by atoms with E-state index in [4.69, 9.17) is 5.14 Å². The molecule has 0 aromatic carbocycles. The molecule has 0 aliphatic rings. The van der Waals surface area contributed by atoms with Crippen LogP contribution in [0.5, 0.6) is 0 Å². The highest BCUT2D eigenvalue weighted by atomic mass is 32.2.